The minimum atomic E-state index is 0.0327. The predicted molar refractivity (Wildman–Crippen MR) is 69.3 cm³/mol. The van der Waals surface area contributed by atoms with Gasteiger partial charge in [0.15, 0.2) is 0 Å². The predicted octanol–water partition coefficient (Wildman–Crippen LogP) is 1.77. The summed E-state index contributed by atoms with van der Waals surface area (Å²) in [6, 6.07) is 2.19. The lowest BCUT2D eigenvalue weighted by Gasteiger charge is -2.17. The maximum atomic E-state index is 9.47. The molecule has 0 atom stereocenters. The summed E-state index contributed by atoms with van der Waals surface area (Å²) in [6.07, 6.45) is 7.36. The number of nitriles is 1. The van der Waals surface area contributed by atoms with Crippen molar-refractivity contribution in [2.75, 3.05) is 6.61 Å². The number of aliphatic hydroxyl groups is 1. The second-order valence-electron chi connectivity index (χ2n) is 6.05. The molecule has 0 bridgehead atoms. The van der Waals surface area contributed by atoms with E-state index in [1.165, 1.54) is 31.4 Å². The molecule has 2 saturated carbocycles. The van der Waals surface area contributed by atoms with Gasteiger partial charge in [-0.15, -0.1) is 5.10 Å². The second-order valence-corrected chi connectivity index (χ2v) is 6.05. The number of aliphatic hydroxyl groups excluding tert-OH is 1. The second kappa shape index (κ2) is 4.93. The Balaban J connectivity index is 1.88. The van der Waals surface area contributed by atoms with E-state index in [-0.39, 0.29) is 12.0 Å². The van der Waals surface area contributed by atoms with Crippen LogP contribution in [0.1, 0.15) is 55.8 Å². The van der Waals surface area contributed by atoms with Crippen molar-refractivity contribution < 1.29 is 5.11 Å². The van der Waals surface area contributed by atoms with Crippen molar-refractivity contribution in [2.24, 2.45) is 5.41 Å². The Hall–Kier alpha value is -1.41. The fourth-order valence-electron chi connectivity index (χ4n) is 3.18. The molecule has 3 rings (SSSR count). The molecular formula is C14H20N4O. The van der Waals surface area contributed by atoms with Gasteiger partial charge in [-0.05, 0) is 25.7 Å². The summed E-state index contributed by atoms with van der Waals surface area (Å²) >= 11 is 0. The third-order valence-electron chi connectivity index (χ3n) is 4.61. The molecular weight excluding hydrogens is 240 g/mol. The molecule has 5 heteroatoms. The number of rotatable bonds is 5. The smallest absolute Gasteiger partial charge is 0.100 e. The first-order chi connectivity index (χ1) is 9.28. The molecule has 0 radical (unpaired) electrons. The molecule has 0 aliphatic heterocycles. The molecule has 1 N–H and O–H groups in total. The number of aromatic nitrogens is 3. The molecule has 1 aromatic heterocycles. The van der Waals surface area contributed by atoms with E-state index in [2.05, 4.69) is 16.4 Å². The van der Waals surface area contributed by atoms with E-state index in [1.807, 2.05) is 4.68 Å². The maximum Gasteiger partial charge on any atom is 0.100 e. The van der Waals surface area contributed by atoms with Crippen molar-refractivity contribution in [3.8, 4) is 6.07 Å². The van der Waals surface area contributed by atoms with Crippen LogP contribution in [0.5, 0.6) is 0 Å². The van der Waals surface area contributed by atoms with Gasteiger partial charge in [-0.1, -0.05) is 18.1 Å². The summed E-state index contributed by atoms with van der Waals surface area (Å²) in [4.78, 5) is 0. The summed E-state index contributed by atoms with van der Waals surface area (Å²) in [5, 5.41) is 26.9. The number of hydrogen-bond acceptors (Lipinski definition) is 4. The molecule has 5 nitrogen and oxygen atoms in total. The number of nitrogens with zero attached hydrogens (tertiary/aromatic N) is 4. The Kier molecular flexibility index (Phi) is 3.28. The highest BCUT2D eigenvalue weighted by Gasteiger charge is 2.43. The van der Waals surface area contributed by atoms with Gasteiger partial charge >= 0.3 is 0 Å². The third-order valence-corrected chi connectivity index (χ3v) is 4.61. The molecule has 0 amide bonds. The molecule has 0 spiro atoms. The SMILES string of the molecule is N#CCc1nnn(CC2(CO)CC2)c1C1CCCC1. The maximum absolute atomic E-state index is 9.47. The van der Waals surface area contributed by atoms with Crippen LogP contribution < -0.4 is 0 Å². The van der Waals surface area contributed by atoms with E-state index in [0.717, 1.165) is 25.1 Å². The molecule has 0 aromatic carbocycles. The summed E-state index contributed by atoms with van der Waals surface area (Å²) < 4.78 is 1.98. The molecule has 0 saturated heterocycles. The van der Waals surface area contributed by atoms with E-state index >= 15 is 0 Å². The van der Waals surface area contributed by atoms with E-state index in [1.54, 1.807) is 0 Å². The van der Waals surface area contributed by atoms with E-state index in [0.29, 0.717) is 12.3 Å². The quantitative estimate of drug-likeness (QED) is 0.875. The molecule has 1 aromatic rings. The zero-order valence-electron chi connectivity index (χ0n) is 11.2. The van der Waals surface area contributed by atoms with Crippen LogP contribution in [0.3, 0.4) is 0 Å². The highest BCUT2D eigenvalue weighted by Crippen LogP contribution is 2.47. The summed E-state index contributed by atoms with van der Waals surface area (Å²) in [5.41, 5.74) is 2.05. The standard InChI is InChI=1S/C14H20N4O/c15-8-5-12-13(11-3-1-2-4-11)18(17-16-12)9-14(10-19)6-7-14/h11,19H,1-7,9-10H2. The zero-order chi connectivity index (χ0) is 13.3. The Morgan fingerprint density at radius 2 is 2.11 bits per heavy atom. The normalized spacial score (nSPS) is 21.5. The van der Waals surface area contributed by atoms with Crippen molar-refractivity contribution in [1.82, 2.24) is 15.0 Å². The lowest BCUT2D eigenvalue weighted by atomic mass is 10.00. The molecule has 2 aliphatic carbocycles. The molecule has 0 unspecified atom stereocenters. The largest absolute Gasteiger partial charge is 0.396 e. The van der Waals surface area contributed by atoms with Crippen LogP contribution in [0.25, 0.3) is 0 Å². The Bertz CT molecular complexity index is 492. The lowest BCUT2D eigenvalue weighted by Crippen LogP contribution is -2.19. The Morgan fingerprint density at radius 3 is 2.68 bits per heavy atom. The molecule has 19 heavy (non-hydrogen) atoms. The van der Waals surface area contributed by atoms with Crippen LogP contribution in [-0.4, -0.2) is 26.7 Å². The average Bonchev–Trinajstić information content (AvgIpc) is 2.83. The van der Waals surface area contributed by atoms with E-state index < -0.39 is 0 Å². The van der Waals surface area contributed by atoms with Crippen LogP contribution >= 0.6 is 0 Å². The first-order valence-electron chi connectivity index (χ1n) is 7.18. The number of hydrogen-bond donors (Lipinski definition) is 1. The fourth-order valence-corrected chi connectivity index (χ4v) is 3.18. The van der Waals surface area contributed by atoms with Crippen LogP contribution in [0.15, 0.2) is 0 Å². The first-order valence-corrected chi connectivity index (χ1v) is 7.18. The van der Waals surface area contributed by atoms with Crippen molar-refractivity contribution in [3.05, 3.63) is 11.4 Å². The Labute approximate surface area is 113 Å². The highest BCUT2D eigenvalue weighted by atomic mass is 16.3. The molecule has 2 fully saturated rings. The summed E-state index contributed by atoms with van der Waals surface area (Å²) in [7, 11) is 0. The monoisotopic (exact) mass is 260 g/mol. The van der Waals surface area contributed by atoms with Gasteiger partial charge in [0.1, 0.15) is 5.69 Å². The van der Waals surface area contributed by atoms with Gasteiger partial charge in [-0.3, -0.25) is 0 Å². The van der Waals surface area contributed by atoms with Gasteiger partial charge in [0.2, 0.25) is 0 Å². The van der Waals surface area contributed by atoms with E-state index in [4.69, 9.17) is 5.26 Å². The van der Waals surface area contributed by atoms with Gasteiger partial charge < -0.3 is 5.11 Å². The van der Waals surface area contributed by atoms with Gasteiger partial charge in [0, 0.05) is 11.3 Å². The fraction of sp³-hybridized carbons (Fsp3) is 0.786. The van der Waals surface area contributed by atoms with Crippen molar-refractivity contribution in [1.29, 1.82) is 5.26 Å². The van der Waals surface area contributed by atoms with Gasteiger partial charge in [-0.25, -0.2) is 4.68 Å². The summed E-state index contributed by atoms with van der Waals surface area (Å²) in [5.74, 6) is 0.507. The van der Waals surface area contributed by atoms with Crippen LogP contribution in [0.4, 0.5) is 0 Å². The molecule has 1 heterocycles. The third kappa shape index (κ3) is 2.37. The zero-order valence-corrected chi connectivity index (χ0v) is 11.2. The average molecular weight is 260 g/mol. The minimum Gasteiger partial charge on any atom is -0.396 e. The van der Waals surface area contributed by atoms with Crippen LogP contribution in [0, 0.1) is 16.7 Å². The van der Waals surface area contributed by atoms with Crippen molar-refractivity contribution in [2.45, 2.75) is 57.4 Å². The Morgan fingerprint density at radius 1 is 1.37 bits per heavy atom. The van der Waals surface area contributed by atoms with Gasteiger partial charge in [-0.2, -0.15) is 5.26 Å². The molecule has 2 aliphatic rings. The highest BCUT2D eigenvalue weighted by molar-refractivity contribution is 5.20. The first kappa shape index (κ1) is 12.6. The van der Waals surface area contributed by atoms with Gasteiger partial charge in [0.25, 0.3) is 0 Å². The van der Waals surface area contributed by atoms with Gasteiger partial charge in [0.05, 0.1) is 31.3 Å². The van der Waals surface area contributed by atoms with Crippen LogP contribution in [0.2, 0.25) is 0 Å². The van der Waals surface area contributed by atoms with Crippen molar-refractivity contribution in [3.63, 3.8) is 0 Å². The lowest BCUT2D eigenvalue weighted by molar-refractivity contribution is 0.188. The minimum absolute atomic E-state index is 0.0327. The molecule has 102 valence electrons. The topological polar surface area (TPSA) is 74.7 Å². The van der Waals surface area contributed by atoms with Crippen molar-refractivity contribution >= 4 is 0 Å². The van der Waals surface area contributed by atoms with E-state index in [9.17, 15) is 5.11 Å². The van der Waals surface area contributed by atoms with Crippen LogP contribution in [-0.2, 0) is 13.0 Å². The summed E-state index contributed by atoms with van der Waals surface area (Å²) in [6.45, 7) is 0.984.